The minimum atomic E-state index is -0.0892. The molecule has 0 radical (unpaired) electrons. The Balaban J connectivity index is 1.75. The van der Waals surface area contributed by atoms with Crippen molar-refractivity contribution in [3.8, 4) is 5.75 Å². The minimum absolute atomic E-state index is 0.0892. The highest BCUT2D eigenvalue weighted by Gasteiger charge is 2.05. The number of amides is 1. The van der Waals surface area contributed by atoms with Gasteiger partial charge in [-0.25, -0.2) is 0 Å². The summed E-state index contributed by atoms with van der Waals surface area (Å²) in [5.74, 6) is 1.38. The molecule has 2 aromatic carbocycles. The molecule has 0 aliphatic heterocycles. The maximum Gasteiger partial charge on any atom is 0.251 e. The van der Waals surface area contributed by atoms with Crippen molar-refractivity contribution in [2.75, 3.05) is 26.7 Å². The normalized spacial score (nSPS) is 10.8. The lowest BCUT2D eigenvalue weighted by Crippen LogP contribution is -2.41. The molecule has 0 unspecified atom stereocenters. The first kappa shape index (κ1) is 20.0. The predicted octanol–water partition coefficient (Wildman–Crippen LogP) is 2.35. The molecule has 0 aliphatic carbocycles. The first-order valence-electron chi connectivity index (χ1n) is 8.84. The Labute approximate surface area is 160 Å². The third-order valence-corrected chi connectivity index (χ3v) is 3.74. The van der Waals surface area contributed by atoms with E-state index < -0.39 is 0 Å². The number of nitrogens with one attached hydrogen (secondary N) is 3. The first-order valence-corrected chi connectivity index (χ1v) is 8.84. The van der Waals surface area contributed by atoms with Gasteiger partial charge in [0.05, 0.1) is 0 Å². The van der Waals surface area contributed by atoms with Crippen molar-refractivity contribution < 1.29 is 9.53 Å². The molecule has 0 spiro atoms. The average molecular weight is 366 g/mol. The number of hydrogen-bond donors (Lipinski definition) is 3. The van der Waals surface area contributed by atoms with Gasteiger partial charge in [0.25, 0.3) is 5.91 Å². The zero-order valence-corrected chi connectivity index (χ0v) is 15.6. The zero-order chi connectivity index (χ0) is 19.3. The van der Waals surface area contributed by atoms with Crippen LogP contribution in [0.1, 0.15) is 15.9 Å². The van der Waals surface area contributed by atoms with Gasteiger partial charge in [-0.1, -0.05) is 49.1 Å². The van der Waals surface area contributed by atoms with Crippen LogP contribution in [0.5, 0.6) is 5.75 Å². The topological polar surface area (TPSA) is 74.8 Å². The van der Waals surface area contributed by atoms with Crippen molar-refractivity contribution in [1.29, 1.82) is 0 Å². The second kappa shape index (κ2) is 11.4. The molecule has 6 heteroatoms. The van der Waals surface area contributed by atoms with Crippen molar-refractivity contribution in [2.24, 2.45) is 4.99 Å². The SMILES string of the molecule is C=CCOc1ccccc1CNC(=NC)NCCNC(=O)c1ccccc1. The van der Waals surface area contributed by atoms with Crippen molar-refractivity contribution in [1.82, 2.24) is 16.0 Å². The van der Waals surface area contributed by atoms with Gasteiger partial charge >= 0.3 is 0 Å². The summed E-state index contributed by atoms with van der Waals surface area (Å²) in [5, 5.41) is 9.29. The Bertz CT molecular complexity index is 760. The second-order valence-corrected chi connectivity index (χ2v) is 5.68. The molecule has 0 aliphatic rings. The van der Waals surface area contributed by atoms with Gasteiger partial charge in [-0.05, 0) is 18.2 Å². The van der Waals surface area contributed by atoms with Crippen LogP contribution >= 0.6 is 0 Å². The number of carbonyl (C=O) groups excluding carboxylic acids is 1. The number of carbonyl (C=O) groups is 1. The van der Waals surface area contributed by atoms with Gasteiger partial charge in [0.1, 0.15) is 12.4 Å². The molecule has 0 aromatic heterocycles. The van der Waals surface area contributed by atoms with Crippen LogP contribution in [0.3, 0.4) is 0 Å². The Kier molecular flexibility index (Phi) is 8.43. The predicted molar refractivity (Wildman–Crippen MR) is 109 cm³/mol. The van der Waals surface area contributed by atoms with Gasteiger partial charge < -0.3 is 20.7 Å². The van der Waals surface area contributed by atoms with Gasteiger partial charge in [-0.2, -0.15) is 0 Å². The molecule has 0 heterocycles. The van der Waals surface area contributed by atoms with Crippen LogP contribution in [0.4, 0.5) is 0 Å². The molecular weight excluding hydrogens is 340 g/mol. The van der Waals surface area contributed by atoms with Crippen LogP contribution < -0.4 is 20.7 Å². The summed E-state index contributed by atoms with van der Waals surface area (Å²) in [6, 6.07) is 17.0. The van der Waals surface area contributed by atoms with Gasteiger partial charge in [-0.15, -0.1) is 0 Å². The van der Waals surface area contributed by atoms with Crippen LogP contribution in [0, 0.1) is 0 Å². The molecular formula is C21H26N4O2. The number of para-hydroxylation sites is 1. The highest BCUT2D eigenvalue weighted by Crippen LogP contribution is 2.17. The number of rotatable bonds is 9. The number of aliphatic imine (C=N–C) groups is 1. The summed E-state index contributed by atoms with van der Waals surface area (Å²) >= 11 is 0. The molecule has 3 N–H and O–H groups in total. The summed E-state index contributed by atoms with van der Waals surface area (Å²) < 4.78 is 5.65. The molecule has 0 saturated heterocycles. The first-order chi connectivity index (χ1) is 13.2. The average Bonchev–Trinajstić information content (AvgIpc) is 2.72. The molecule has 0 fully saturated rings. The van der Waals surface area contributed by atoms with E-state index in [1.807, 2.05) is 42.5 Å². The van der Waals surface area contributed by atoms with Crippen molar-refractivity contribution in [2.45, 2.75) is 6.54 Å². The van der Waals surface area contributed by atoms with Gasteiger partial charge in [0.15, 0.2) is 5.96 Å². The Hall–Kier alpha value is -3.28. The summed E-state index contributed by atoms with van der Waals surface area (Å²) in [5.41, 5.74) is 1.68. The Morgan fingerprint density at radius 1 is 1.04 bits per heavy atom. The number of ether oxygens (including phenoxy) is 1. The lowest BCUT2D eigenvalue weighted by Gasteiger charge is -2.14. The molecule has 2 rings (SSSR count). The van der Waals surface area contributed by atoms with Crippen molar-refractivity contribution >= 4 is 11.9 Å². The van der Waals surface area contributed by atoms with E-state index in [0.29, 0.717) is 37.8 Å². The molecule has 6 nitrogen and oxygen atoms in total. The smallest absolute Gasteiger partial charge is 0.251 e. The summed E-state index contributed by atoms with van der Waals surface area (Å²) in [6.45, 7) is 5.76. The monoisotopic (exact) mass is 366 g/mol. The van der Waals surface area contributed by atoms with Gasteiger partial charge in [0.2, 0.25) is 0 Å². The number of hydrogen-bond acceptors (Lipinski definition) is 3. The fraction of sp³-hybridized carbons (Fsp3) is 0.238. The highest BCUT2D eigenvalue weighted by atomic mass is 16.5. The second-order valence-electron chi connectivity index (χ2n) is 5.68. The quantitative estimate of drug-likeness (QED) is 0.276. The zero-order valence-electron chi connectivity index (χ0n) is 15.6. The third-order valence-electron chi connectivity index (χ3n) is 3.74. The van der Waals surface area contributed by atoms with E-state index in [1.54, 1.807) is 25.3 Å². The van der Waals surface area contributed by atoms with E-state index >= 15 is 0 Å². The molecule has 2 aromatic rings. The summed E-state index contributed by atoms with van der Waals surface area (Å²) in [4.78, 5) is 16.2. The molecule has 0 atom stereocenters. The molecule has 0 saturated carbocycles. The van der Waals surface area contributed by atoms with Crippen LogP contribution in [-0.4, -0.2) is 38.6 Å². The van der Waals surface area contributed by atoms with E-state index in [2.05, 4.69) is 27.5 Å². The van der Waals surface area contributed by atoms with Gasteiger partial charge in [0, 0.05) is 37.8 Å². The standard InChI is InChI=1S/C21H26N4O2/c1-3-15-27-19-12-8-7-11-18(19)16-25-21(22-2)24-14-13-23-20(26)17-9-5-4-6-10-17/h3-12H,1,13-16H2,2H3,(H,23,26)(H2,22,24,25). The molecule has 1 amide bonds. The lowest BCUT2D eigenvalue weighted by atomic mass is 10.2. The number of benzene rings is 2. The number of nitrogens with zero attached hydrogens (tertiary/aromatic N) is 1. The van der Waals surface area contributed by atoms with Crippen molar-refractivity contribution in [3.05, 3.63) is 78.4 Å². The van der Waals surface area contributed by atoms with E-state index in [0.717, 1.165) is 11.3 Å². The Morgan fingerprint density at radius 2 is 1.74 bits per heavy atom. The van der Waals surface area contributed by atoms with Gasteiger partial charge in [-0.3, -0.25) is 9.79 Å². The Morgan fingerprint density at radius 3 is 2.48 bits per heavy atom. The van der Waals surface area contributed by atoms with E-state index in [-0.39, 0.29) is 5.91 Å². The van der Waals surface area contributed by atoms with E-state index in [9.17, 15) is 4.79 Å². The van der Waals surface area contributed by atoms with E-state index in [4.69, 9.17) is 4.74 Å². The van der Waals surface area contributed by atoms with Crippen LogP contribution in [0.2, 0.25) is 0 Å². The van der Waals surface area contributed by atoms with E-state index in [1.165, 1.54) is 0 Å². The minimum Gasteiger partial charge on any atom is -0.489 e. The van der Waals surface area contributed by atoms with Crippen LogP contribution in [0.15, 0.2) is 72.2 Å². The van der Waals surface area contributed by atoms with Crippen molar-refractivity contribution in [3.63, 3.8) is 0 Å². The maximum absolute atomic E-state index is 12.0. The fourth-order valence-electron chi connectivity index (χ4n) is 2.39. The lowest BCUT2D eigenvalue weighted by molar-refractivity contribution is 0.0954. The largest absolute Gasteiger partial charge is 0.489 e. The van der Waals surface area contributed by atoms with Crippen LogP contribution in [0.25, 0.3) is 0 Å². The third kappa shape index (κ3) is 6.86. The van der Waals surface area contributed by atoms with Crippen LogP contribution in [-0.2, 0) is 6.54 Å². The highest BCUT2D eigenvalue weighted by molar-refractivity contribution is 5.94. The summed E-state index contributed by atoms with van der Waals surface area (Å²) in [7, 11) is 1.71. The molecule has 0 bridgehead atoms. The summed E-state index contributed by atoms with van der Waals surface area (Å²) in [6.07, 6.45) is 1.72. The fourth-order valence-corrected chi connectivity index (χ4v) is 2.39. The number of guanidine groups is 1. The molecule has 27 heavy (non-hydrogen) atoms. The molecule has 142 valence electrons. The maximum atomic E-state index is 12.0.